The molecule has 120 valence electrons. The Morgan fingerprint density at radius 2 is 1.96 bits per heavy atom. The second-order valence-corrected chi connectivity index (χ2v) is 6.89. The molecule has 1 amide bonds. The number of aromatic nitrogens is 2. The van der Waals surface area contributed by atoms with Gasteiger partial charge in [0.05, 0.1) is 11.3 Å². The average molecular weight is 335 g/mol. The van der Waals surface area contributed by atoms with Crippen molar-refractivity contribution in [2.75, 3.05) is 10.7 Å². The summed E-state index contributed by atoms with van der Waals surface area (Å²) < 4.78 is 0. The van der Waals surface area contributed by atoms with Crippen molar-refractivity contribution in [3.8, 4) is 0 Å². The standard InChI is InChI=1S/C19H17N3OS/c1-13-10-14-6-2-5-9-17(14)22(13)18(23)11-24-19-15-7-3-4-8-16(15)20-12-21-19/h2-9,12-13H,10-11H2,1H3/t13-/m0/s1. The molecule has 2 aromatic carbocycles. The highest BCUT2D eigenvalue weighted by Gasteiger charge is 2.30. The molecule has 0 N–H and O–H groups in total. The SMILES string of the molecule is C[C@H]1Cc2ccccc2N1C(=O)CSc1ncnc2ccccc12. The highest BCUT2D eigenvalue weighted by Crippen LogP contribution is 2.33. The van der Waals surface area contributed by atoms with E-state index in [0.717, 1.165) is 28.0 Å². The molecule has 0 bridgehead atoms. The van der Waals surface area contributed by atoms with Crippen LogP contribution < -0.4 is 4.90 Å². The molecule has 1 aliphatic heterocycles. The molecule has 0 aliphatic carbocycles. The van der Waals surface area contributed by atoms with E-state index < -0.39 is 0 Å². The molecule has 0 saturated carbocycles. The number of benzene rings is 2. The van der Waals surface area contributed by atoms with Crippen molar-refractivity contribution in [1.82, 2.24) is 9.97 Å². The van der Waals surface area contributed by atoms with Crippen LogP contribution >= 0.6 is 11.8 Å². The topological polar surface area (TPSA) is 46.1 Å². The van der Waals surface area contributed by atoms with Crippen molar-refractivity contribution in [3.05, 3.63) is 60.4 Å². The maximum Gasteiger partial charge on any atom is 0.237 e. The third-order valence-electron chi connectivity index (χ3n) is 4.31. The number of carbonyl (C=O) groups excluding carboxylic acids is 1. The lowest BCUT2D eigenvalue weighted by molar-refractivity contribution is -0.116. The Labute approximate surface area is 144 Å². The normalized spacial score (nSPS) is 16.4. The van der Waals surface area contributed by atoms with Crippen molar-refractivity contribution in [2.24, 2.45) is 0 Å². The molecule has 1 aliphatic rings. The third-order valence-corrected chi connectivity index (χ3v) is 5.30. The van der Waals surface area contributed by atoms with Crippen LogP contribution in [0.1, 0.15) is 12.5 Å². The second-order valence-electron chi connectivity index (χ2n) is 5.93. The van der Waals surface area contributed by atoms with Crippen LogP contribution in [0.15, 0.2) is 59.9 Å². The van der Waals surface area contributed by atoms with Gasteiger partial charge in [-0.15, -0.1) is 0 Å². The van der Waals surface area contributed by atoms with Gasteiger partial charge in [-0.2, -0.15) is 0 Å². The van der Waals surface area contributed by atoms with E-state index in [4.69, 9.17) is 0 Å². The molecule has 0 radical (unpaired) electrons. The van der Waals surface area contributed by atoms with Gasteiger partial charge in [-0.25, -0.2) is 9.97 Å². The number of nitrogens with zero attached hydrogens (tertiary/aromatic N) is 3. The number of thioether (sulfide) groups is 1. The van der Waals surface area contributed by atoms with Gasteiger partial charge in [-0.05, 0) is 31.0 Å². The van der Waals surface area contributed by atoms with Crippen LogP contribution in [-0.4, -0.2) is 27.7 Å². The minimum atomic E-state index is 0.125. The molecule has 1 aromatic heterocycles. The maximum atomic E-state index is 12.8. The number of rotatable bonds is 3. The zero-order valence-electron chi connectivity index (χ0n) is 13.3. The molecular formula is C19H17N3OS. The molecule has 0 saturated heterocycles. The fourth-order valence-corrected chi connectivity index (χ4v) is 4.09. The number of hydrogen-bond donors (Lipinski definition) is 0. The summed E-state index contributed by atoms with van der Waals surface area (Å²) in [5, 5.41) is 1.85. The van der Waals surface area contributed by atoms with Crippen LogP contribution in [0.4, 0.5) is 5.69 Å². The van der Waals surface area contributed by atoms with E-state index >= 15 is 0 Å². The molecule has 0 fully saturated rings. The van der Waals surface area contributed by atoms with E-state index in [9.17, 15) is 4.79 Å². The molecule has 4 nitrogen and oxygen atoms in total. The van der Waals surface area contributed by atoms with Gasteiger partial charge in [0.1, 0.15) is 11.4 Å². The smallest absolute Gasteiger partial charge is 0.237 e. The predicted octanol–water partition coefficient (Wildman–Crippen LogP) is 3.70. The minimum absolute atomic E-state index is 0.125. The Kier molecular flexibility index (Phi) is 3.94. The van der Waals surface area contributed by atoms with Crippen LogP contribution in [0, 0.1) is 0 Å². The van der Waals surface area contributed by atoms with E-state index in [2.05, 4.69) is 23.0 Å². The van der Waals surface area contributed by atoms with E-state index in [1.54, 1.807) is 6.33 Å². The first-order chi connectivity index (χ1) is 11.7. The van der Waals surface area contributed by atoms with Crippen LogP contribution in [0.2, 0.25) is 0 Å². The zero-order chi connectivity index (χ0) is 16.5. The number of amides is 1. The number of fused-ring (bicyclic) bond motifs is 2. The summed E-state index contributed by atoms with van der Waals surface area (Å²) in [6.45, 7) is 2.10. The quantitative estimate of drug-likeness (QED) is 0.541. The average Bonchev–Trinajstić information content (AvgIpc) is 2.95. The highest BCUT2D eigenvalue weighted by atomic mass is 32.2. The first kappa shape index (κ1) is 15.1. The van der Waals surface area contributed by atoms with Gasteiger partial charge in [0.2, 0.25) is 5.91 Å². The maximum absolute atomic E-state index is 12.8. The number of anilines is 1. The molecule has 0 unspecified atom stereocenters. The van der Waals surface area contributed by atoms with Crippen molar-refractivity contribution in [3.63, 3.8) is 0 Å². The minimum Gasteiger partial charge on any atom is -0.308 e. The van der Waals surface area contributed by atoms with Gasteiger partial charge in [0, 0.05) is 17.1 Å². The monoisotopic (exact) mass is 335 g/mol. The zero-order valence-corrected chi connectivity index (χ0v) is 14.2. The van der Waals surface area contributed by atoms with Crippen molar-refractivity contribution in [1.29, 1.82) is 0 Å². The lowest BCUT2D eigenvalue weighted by Crippen LogP contribution is -2.36. The summed E-state index contributed by atoms with van der Waals surface area (Å²) in [6.07, 6.45) is 2.48. The van der Waals surface area contributed by atoms with E-state index in [1.165, 1.54) is 17.3 Å². The fraction of sp³-hybridized carbons (Fsp3) is 0.211. The number of hydrogen-bond acceptors (Lipinski definition) is 4. The fourth-order valence-electron chi connectivity index (χ4n) is 3.24. The van der Waals surface area contributed by atoms with Crippen LogP contribution in [0.5, 0.6) is 0 Å². The molecule has 5 heteroatoms. The number of para-hydroxylation sites is 2. The van der Waals surface area contributed by atoms with Gasteiger partial charge >= 0.3 is 0 Å². The van der Waals surface area contributed by atoms with Gasteiger partial charge in [-0.3, -0.25) is 4.79 Å². The summed E-state index contributed by atoms with van der Waals surface area (Å²) in [5.41, 5.74) is 3.20. The Balaban J connectivity index is 1.55. The summed E-state index contributed by atoms with van der Waals surface area (Å²) in [6, 6.07) is 16.2. The van der Waals surface area contributed by atoms with Crippen LogP contribution in [0.3, 0.4) is 0 Å². The van der Waals surface area contributed by atoms with E-state index in [-0.39, 0.29) is 11.9 Å². The van der Waals surface area contributed by atoms with Gasteiger partial charge in [0.25, 0.3) is 0 Å². The van der Waals surface area contributed by atoms with Crippen LogP contribution in [0.25, 0.3) is 10.9 Å². The first-order valence-electron chi connectivity index (χ1n) is 7.96. The second kappa shape index (κ2) is 6.24. The first-order valence-corrected chi connectivity index (χ1v) is 8.95. The molecular weight excluding hydrogens is 318 g/mol. The van der Waals surface area contributed by atoms with Gasteiger partial charge in [-0.1, -0.05) is 48.2 Å². The molecule has 3 aromatic rings. The molecule has 4 rings (SSSR count). The van der Waals surface area contributed by atoms with E-state index in [0.29, 0.717) is 5.75 Å². The van der Waals surface area contributed by atoms with Gasteiger partial charge < -0.3 is 4.90 Å². The van der Waals surface area contributed by atoms with Crippen molar-refractivity contribution >= 4 is 34.3 Å². The Hall–Kier alpha value is -2.40. The number of carbonyl (C=O) groups is 1. The molecule has 0 spiro atoms. The lowest BCUT2D eigenvalue weighted by atomic mass is 10.1. The molecule has 2 heterocycles. The van der Waals surface area contributed by atoms with Crippen LogP contribution in [-0.2, 0) is 11.2 Å². The van der Waals surface area contributed by atoms with E-state index in [1.807, 2.05) is 47.4 Å². The summed E-state index contributed by atoms with van der Waals surface area (Å²) in [5.74, 6) is 0.500. The summed E-state index contributed by atoms with van der Waals surface area (Å²) >= 11 is 1.48. The van der Waals surface area contributed by atoms with Gasteiger partial charge in [0.15, 0.2) is 0 Å². The Bertz CT molecular complexity index is 907. The Morgan fingerprint density at radius 3 is 2.88 bits per heavy atom. The highest BCUT2D eigenvalue weighted by molar-refractivity contribution is 8.00. The lowest BCUT2D eigenvalue weighted by Gasteiger charge is -2.22. The van der Waals surface area contributed by atoms with Crippen molar-refractivity contribution in [2.45, 2.75) is 24.4 Å². The van der Waals surface area contributed by atoms with Crippen molar-refractivity contribution < 1.29 is 4.79 Å². The predicted molar refractivity (Wildman–Crippen MR) is 97.4 cm³/mol. The summed E-state index contributed by atoms with van der Waals surface area (Å²) in [4.78, 5) is 23.3. The molecule has 24 heavy (non-hydrogen) atoms. The summed E-state index contributed by atoms with van der Waals surface area (Å²) in [7, 11) is 0. The third kappa shape index (κ3) is 2.65. The molecule has 1 atom stereocenters. The largest absolute Gasteiger partial charge is 0.308 e. The Morgan fingerprint density at radius 1 is 1.17 bits per heavy atom.